The summed E-state index contributed by atoms with van der Waals surface area (Å²) in [5, 5.41) is 27.6. The second-order valence-corrected chi connectivity index (χ2v) is 12.7. The van der Waals surface area contributed by atoms with Crippen LogP contribution in [0.3, 0.4) is 0 Å². The SMILES string of the molecule is C#CCCC[C@H](O)[C@H](O)[C@H](CC1CCCCC1)NC(=O)[C@H](CC#C)NC(=O)[C@@H](CC(=O)N(C)CCN(C)C)Cc1ccccc1. The van der Waals surface area contributed by atoms with Crippen LogP contribution >= 0.6 is 0 Å². The van der Waals surface area contributed by atoms with Crippen molar-refractivity contribution in [1.82, 2.24) is 20.4 Å². The molecule has 1 aromatic rings. The van der Waals surface area contributed by atoms with Crippen LogP contribution in [-0.4, -0.2) is 96.3 Å². The lowest BCUT2D eigenvalue weighted by Gasteiger charge is -2.33. The first-order valence-electron chi connectivity index (χ1n) is 16.3. The maximum absolute atomic E-state index is 13.7. The van der Waals surface area contributed by atoms with E-state index in [2.05, 4.69) is 22.5 Å². The highest BCUT2D eigenvalue weighted by Crippen LogP contribution is 2.29. The Bertz CT molecular complexity index is 1120. The van der Waals surface area contributed by atoms with Gasteiger partial charge in [0.25, 0.3) is 0 Å². The number of hydrogen-bond acceptors (Lipinski definition) is 6. The number of unbranched alkanes of at least 4 members (excludes halogenated alkanes) is 1. The van der Waals surface area contributed by atoms with Crippen molar-refractivity contribution in [3.05, 3.63) is 35.9 Å². The minimum Gasteiger partial charge on any atom is -0.390 e. The first-order valence-corrected chi connectivity index (χ1v) is 16.3. The van der Waals surface area contributed by atoms with Gasteiger partial charge < -0.3 is 30.6 Å². The Hall–Kier alpha value is -3.37. The molecule has 1 saturated carbocycles. The molecule has 3 amide bonds. The van der Waals surface area contributed by atoms with Gasteiger partial charge >= 0.3 is 0 Å². The highest BCUT2D eigenvalue weighted by Gasteiger charge is 2.34. The number of aliphatic hydroxyl groups excluding tert-OH is 2. The van der Waals surface area contributed by atoms with E-state index in [1.807, 2.05) is 49.3 Å². The lowest BCUT2D eigenvalue weighted by atomic mass is 9.82. The van der Waals surface area contributed by atoms with E-state index in [0.29, 0.717) is 51.1 Å². The Labute approximate surface area is 270 Å². The number of carbonyl (C=O) groups excluding carboxylic acids is 3. The zero-order valence-electron chi connectivity index (χ0n) is 27.4. The zero-order valence-corrected chi connectivity index (χ0v) is 27.4. The van der Waals surface area contributed by atoms with E-state index in [1.165, 1.54) is 6.42 Å². The van der Waals surface area contributed by atoms with E-state index in [-0.39, 0.29) is 18.7 Å². The predicted molar refractivity (Wildman–Crippen MR) is 178 cm³/mol. The fraction of sp³-hybridized carbons (Fsp3) is 0.639. The molecular weight excluding hydrogens is 568 g/mol. The van der Waals surface area contributed by atoms with Crippen LogP contribution in [0.2, 0.25) is 0 Å². The first-order chi connectivity index (χ1) is 21.5. The molecule has 1 fully saturated rings. The Morgan fingerprint density at radius 1 is 0.956 bits per heavy atom. The van der Waals surface area contributed by atoms with Crippen molar-refractivity contribution in [2.75, 3.05) is 34.2 Å². The molecule has 9 heteroatoms. The van der Waals surface area contributed by atoms with Crippen molar-refractivity contribution in [2.24, 2.45) is 11.8 Å². The van der Waals surface area contributed by atoms with Crippen LogP contribution in [0.1, 0.15) is 76.2 Å². The summed E-state index contributed by atoms with van der Waals surface area (Å²) in [5.41, 5.74) is 0.897. The van der Waals surface area contributed by atoms with Crippen molar-refractivity contribution in [1.29, 1.82) is 0 Å². The number of hydrogen-bond donors (Lipinski definition) is 4. The third-order valence-electron chi connectivity index (χ3n) is 8.65. The molecule has 0 aromatic heterocycles. The fourth-order valence-corrected chi connectivity index (χ4v) is 5.82. The van der Waals surface area contributed by atoms with Crippen LogP contribution in [0.15, 0.2) is 30.3 Å². The third-order valence-corrected chi connectivity index (χ3v) is 8.65. The topological polar surface area (TPSA) is 122 Å². The van der Waals surface area contributed by atoms with E-state index < -0.39 is 42.0 Å². The average Bonchev–Trinajstić information content (AvgIpc) is 3.03. The number of amides is 3. The van der Waals surface area contributed by atoms with Crippen molar-refractivity contribution >= 4 is 17.7 Å². The molecule has 0 saturated heterocycles. The van der Waals surface area contributed by atoms with Crippen molar-refractivity contribution in [2.45, 2.75) is 101 Å². The molecule has 0 spiro atoms. The number of nitrogens with one attached hydrogen (secondary N) is 2. The number of carbonyl (C=O) groups is 3. The quantitative estimate of drug-likeness (QED) is 0.139. The van der Waals surface area contributed by atoms with Crippen LogP contribution in [0.5, 0.6) is 0 Å². The molecule has 4 N–H and O–H groups in total. The van der Waals surface area contributed by atoms with Crippen LogP contribution in [0.4, 0.5) is 0 Å². The summed E-state index contributed by atoms with van der Waals surface area (Å²) >= 11 is 0. The molecule has 5 atom stereocenters. The number of nitrogens with zero attached hydrogens (tertiary/aromatic N) is 2. The van der Waals surface area contributed by atoms with Gasteiger partial charge in [-0.15, -0.1) is 24.7 Å². The molecule has 9 nitrogen and oxygen atoms in total. The third kappa shape index (κ3) is 14.1. The standard InChI is InChI=1S/C36H54N4O5/c1-6-8-11-21-32(41)34(43)31(25-28-19-14-10-15-20-28)38-36(45)30(16-7-2)37-35(44)29(24-27-17-12-9-13-18-27)26-33(42)40(5)23-22-39(3)4/h1-2,9,12-13,17-18,28-32,34,41,43H,8,10-11,14-16,19-26H2,3-5H3,(H,37,44)(H,38,45)/t29-,30+,31+,32+,34-/m1/s1. The molecule has 1 aliphatic rings. The Balaban J connectivity index is 2.20. The van der Waals surface area contributed by atoms with Crippen molar-refractivity contribution < 1.29 is 24.6 Å². The van der Waals surface area contributed by atoms with Gasteiger partial charge in [0, 0.05) is 39.4 Å². The molecule has 0 heterocycles. The summed E-state index contributed by atoms with van der Waals surface area (Å²) < 4.78 is 0. The average molecular weight is 623 g/mol. The largest absolute Gasteiger partial charge is 0.390 e. The highest BCUT2D eigenvalue weighted by atomic mass is 16.3. The van der Waals surface area contributed by atoms with Crippen LogP contribution < -0.4 is 10.6 Å². The highest BCUT2D eigenvalue weighted by molar-refractivity contribution is 5.91. The van der Waals surface area contributed by atoms with Gasteiger partial charge in [0.15, 0.2) is 0 Å². The lowest BCUT2D eigenvalue weighted by molar-refractivity contribution is -0.136. The minimum atomic E-state index is -1.20. The molecule has 0 aliphatic heterocycles. The van der Waals surface area contributed by atoms with Gasteiger partial charge in [-0.2, -0.15) is 0 Å². The van der Waals surface area contributed by atoms with Gasteiger partial charge in [0.05, 0.1) is 24.2 Å². The Kier molecular flexibility index (Phi) is 17.3. The van der Waals surface area contributed by atoms with Gasteiger partial charge in [-0.3, -0.25) is 14.4 Å². The molecular formula is C36H54N4O5. The maximum atomic E-state index is 13.7. The number of benzene rings is 1. The maximum Gasteiger partial charge on any atom is 0.243 e. The Morgan fingerprint density at radius 2 is 1.64 bits per heavy atom. The number of terminal acetylenes is 2. The second kappa shape index (κ2) is 20.6. The normalized spacial score (nSPS) is 16.8. The van der Waals surface area contributed by atoms with E-state index in [9.17, 15) is 24.6 Å². The van der Waals surface area contributed by atoms with E-state index in [1.54, 1.807) is 11.9 Å². The molecule has 1 aromatic carbocycles. The molecule has 0 bridgehead atoms. The molecule has 248 valence electrons. The zero-order chi connectivity index (χ0) is 33.2. The molecule has 45 heavy (non-hydrogen) atoms. The Morgan fingerprint density at radius 3 is 2.27 bits per heavy atom. The van der Waals surface area contributed by atoms with Gasteiger partial charge in [-0.1, -0.05) is 62.4 Å². The number of rotatable bonds is 19. The summed E-state index contributed by atoms with van der Waals surface area (Å²) in [6.45, 7) is 1.21. The minimum absolute atomic E-state index is 0.0259. The summed E-state index contributed by atoms with van der Waals surface area (Å²) in [5.74, 6) is 3.48. The second-order valence-electron chi connectivity index (χ2n) is 12.7. The first kappa shape index (κ1) is 37.8. The van der Waals surface area contributed by atoms with Crippen molar-refractivity contribution in [3.63, 3.8) is 0 Å². The molecule has 1 aliphatic carbocycles. The predicted octanol–water partition coefficient (Wildman–Crippen LogP) is 2.74. The van der Waals surface area contributed by atoms with E-state index in [0.717, 1.165) is 31.2 Å². The number of likely N-dealkylation sites (N-methyl/N-ethyl adjacent to an activating group) is 2. The van der Waals surface area contributed by atoms with Crippen molar-refractivity contribution in [3.8, 4) is 24.7 Å². The number of aliphatic hydroxyl groups is 2. The van der Waals surface area contributed by atoms with Gasteiger partial charge in [-0.25, -0.2) is 0 Å². The summed E-state index contributed by atoms with van der Waals surface area (Å²) in [6.07, 6.45) is 16.1. The fourth-order valence-electron chi connectivity index (χ4n) is 5.82. The van der Waals surface area contributed by atoms with Gasteiger partial charge in [-0.05, 0) is 51.3 Å². The molecule has 0 unspecified atom stereocenters. The summed E-state index contributed by atoms with van der Waals surface area (Å²) in [4.78, 5) is 44.1. The van der Waals surface area contributed by atoms with Gasteiger partial charge in [0.1, 0.15) is 6.04 Å². The van der Waals surface area contributed by atoms with Crippen LogP contribution in [0.25, 0.3) is 0 Å². The van der Waals surface area contributed by atoms with E-state index >= 15 is 0 Å². The summed E-state index contributed by atoms with van der Waals surface area (Å²) in [6, 6.07) is 7.66. The van der Waals surface area contributed by atoms with Crippen LogP contribution in [0, 0.1) is 36.5 Å². The van der Waals surface area contributed by atoms with Gasteiger partial charge in [0.2, 0.25) is 17.7 Å². The summed E-state index contributed by atoms with van der Waals surface area (Å²) in [7, 11) is 5.58. The smallest absolute Gasteiger partial charge is 0.243 e. The monoisotopic (exact) mass is 622 g/mol. The van der Waals surface area contributed by atoms with Crippen LogP contribution in [-0.2, 0) is 20.8 Å². The molecule has 2 rings (SSSR count). The van der Waals surface area contributed by atoms with E-state index in [4.69, 9.17) is 12.8 Å². The molecule has 0 radical (unpaired) electrons. The lowest BCUT2D eigenvalue weighted by Crippen LogP contribution is -2.56.